The standard InChI is InChI=1S/C15H20FN3OS/c1-10(20)18-13-4-6-19(7-5-13)9-11-8-12(16)2-3-14(11)15(17)21/h2-3,8,13H,4-7,9H2,1H3,(H2,17,21)(H,18,20). The van der Waals surface area contributed by atoms with Crippen LogP contribution in [0.4, 0.5) is 4.39 Å². The minimum absolute atomic E-state index is 0.00865. The first-order valence-corrected chi connectivity index (χ1v) is 7.44. The summed E-state index contributed by atoms with van der Waals surface area (Å²) in [6.07, 6.45) is 1.80. The molecule has 1 heterocycles. The summed E-state index contributed by atoms with van der Waals surface area (Å²) >= 11 is 5.02. The van der Waals surface area contributed by atoms with Crippen LogP contribution in [0.5, 0.6) is 0 Å². The highest BCUT2D eigenvalue weighted by Gasteiger charge is 2.20. The molecule has 6 heteroatoms. The largest absolute Gasteiger partial charge is 0.389 e. The first-order valence-electron chi connectivity index (χ1n) is 7.03. The van der Waals surface area contributed by atoms with E-state index in [0.717, 1.165) is 37.1 Å². The first kappa shape index (κ1) is 15.9. The van der Waals surface area contributed by atoms with Crippen LogP contribution in [-0.2, 0) is 11.3 Å². The highest BCUT2D eigenvalue weighted by molar-refractivity contribution is 7.80. The Balaban J connectivity index is 1.99. The lowest BCUT2D eigenvalue weighted by molar-refractivity contribution is -0.119. The molecule has 2 rings (SSSR count). The van der Waals surface area contributed by atoms with Crippen molar-refractivity contribution in [2.24, 2.45) is 5.73 Å². The van der Waals surface area contributed by atoms with E-state index in [2.05, 4.69) is 10.2 Å². The number of carbonyl (C=O) groups excluding carboxylic acids is 1. The van der Waals surface area contributed by atoms with E-state index >= 15 is 0 Å². The van der Waals surface area contributed by atoms with Gasteiger partial charge < -0.3 is 11.1 Å². The molecule has 21 heavy (non-hydrogen) atoms. The number of piperidine rings is 1. The fraction of sp³-hybridized carbons (Fsp3) is 0.467. The van der Waals surface area contributed by atoms with Gasteiger partial charge in [-0.25, -0.2) is 4.39 Å². The number of carbonyl (C=O) groups is 1. The second-order valence-electron chi connectivity index (χ2n) is 5.42. The maximum absolute atomic E-state index is 13.4. The monoisotopic (exact) mass is 309 g/mol. The Bertz CT molecular complexity index is 542. The van der Waals surface area contributed by atoms with E-state index in [9.17, 15) is 9.18 Å². The lowest BCUT2D eigenvalue weighted by Gasteiger charge is -2.32. The average Bonchev–Trinajstić information content (AvgIpc) is 2.40. The van der Waals surface area contributed by atoms with E-state index in [1.807, 2.05) is 0 Å². The summed E-state index contributed by atoms with van der Waals surface area (Å²) < 4.78 is 13.4. The molecule has 1 fully saturated rings. The molecule has 0 saturated carbocycles. The van der Waals surface area contributed by atoms with Crippen molar-refractivity contribution in [3.63, 3.8) is 0 Å². The fourth-order valence-corrected chi connectivity index (χ4v) is 2.90. The molecule has 4 nitrogen and oxygen atoms in total. The van der Waals surface area contributed by atoms with Crippen LogP contribution in [-0.4, -0.2) is 34.9 Å². The third-order valence-electron chi connectivity index (χ3n) is 3.72. The van der Waals surface area contributed by atoms with E-state index in [4.69, 9.17) is 18.0 Å². The van der Waals surface area contributed by atoms with Crippen molar-refractivity contribution in [2.45, 2.75) is 32.4 Å². The molecule has 0 bridgehead atoms. The number of likely N-dealkylation sites (tertiary alicyclic amines) is 1. The summed E-state index contributed by atoms with van der Waals surface area (Å²) in [5, 5.41) is 2.94. The average molecular weight is 309 g/mol. The molecule has 1 saturated heterocycles. The van der Waals surface area contributed by atoms with Crippen LogP contribution in [0.15, 0.2) is 18.2 Å². The number of benzene rings is 1. The third-order valence-corrected chi connectivity index (χ3v) is 3.94. The molecule has 1 amide bonds. The van der Waals surface area contributed by atoms with Gasteiger partial charge in [0.2, 0.25) is 5.91 Å². The summed E-state index contributed by atoms with van der Waals surface area (Å²) in [5.74, 6) is -0.271. The molecular formula is C15H20FN3OS. The Kier molecular flexibility index (Phi) is 5.25. The van der Waals surface area contributed by atoms with Gasteiger partial charge in [0, 0.05) is 38.2 Å². The highest BCUT2D eigenvalue weighted by atomic mass is 32.1. The summed E-state index contributed by atoms with van der Waals surface area (Å²) in [6, 6.07) is 4.74. The number of rotatable bonds is 4. The zero-order valence-corrected chi connectivity index (χ0v) is 12.9. The van der Waals surface area contributed by atoms with Crippen LogP contribution in [0.1, 0.15) is 30.9 Å². The second-order valence-corrected chi connectivity index (χ2v) is 5.86. The zero-order chi connectivity index (χ0) is 15.4. The number of nitrogens with two attached hydrogens (primary N) is 1. The van der Waals surface area contributed by atoms with Crippen LogP contribution in [0.25, 0.3) is 0 Å². The van der Waals surface area contributed by atoms with Crippen molar-refractivity contribution in [2.75, 3.05) is 13.1 Å². The number of halogens is 1. The summed E-state index contributed by atoms with van der Waals surface area (Å²) in [5.41, 5.74) is 7.24. The van der Waals surface area contributed by atoms with Crippen molar-refractivity contribution >= 4 is 23.1 Å². The predicted octanol–water partition coefficient (Wildman–Crippen LogP) is 1.56. The summed E-state index contributed by atoms with van der Waals surface area (Å²) in [7, 11) is 0. The van der Waals surface area contributed by atoms with Gasteiger partial charge in [-0.3, -0.25) is 9.69 Å². The Labute approximate surface area is 129 Å². The van der Waals surface area contributed by atoms with Gasteiger partial charge in [-0.1, -0.05) is 12.2 Å². The highest BCUT2D eigenvalue weighted by Crippen LogP contribution is 2.18. The number of amides is 1. The molecule has 114 valence electrons. The molecule has 1 aromatic carbocycles. The molecule has 1 aliphatic heterocycles. The van der Waals surface area contributed by atoms with Crippen molar-refractivity contribution in [3.05, 3.63) is 35.1 Å². The lowest BCUT2D eigenvalue weighted by atomic mass is 10.0. The molecular weight excluding hydrogens is 289 g/mol. The maximum Gasteiger partial charge on any atom is 0.217 e. The van der Waals surface area contributed by atoms with E-state index < -0.39 is 0 Å². The van der Waals surface area contributed by atoms with Gasteiger partial charge in [0.15, 0.2) is 0 Å². The maximum atomic E-state index is 13.4. The number of nitrogens with zero attached hydrogens (tertiary/aromatic N) is 1. The smallest absolute Gasteiger partial charge is 0.217 e. The topological polar surface area (TPSA) is 58.4 Å². The normalized spacial score (nSPS) is 16.7. The number of thiocarbonyl (C=S) groups is 1. The fourth-order valence-electron chi connectivity index (χ4n) is 2.70. The number of hydrogen-bond donors (Lipinski definition) is 2. The van der Waals surface area contributed by atoms with E-state index in [1.165, 1.54) is 19.1 Å². The number of nitrogens with one attached hydrogen (secondary N) is 1. The van der Waals surface area contributed by atoms with Crippen LogP contribution in [0.2, 0.25) is 0 Å². The van der Waals surface area contributed by atoms with E-state index in [-0.39, 0.29) is 22.8 Å². The lowest BCUT2D eigenvalue weighted by Crippen LogP contribution is -2.43. The minimum atomic E-state index is -0.280. The van der Waals surface area contributed by atoms with Crippen molar-refractivity contribution in [1.82, 2.24) is 10.2 Å². The van der Waals surface area contributed by atoms with Crippen LogP contribution >= 0.6 is 12.2 Å². The third kappa shape index (κ3) is 4.47. The molecule has 1 aliphatic rings. The quantitative estimate of drug-likeness (QED) is 0.829. The van der Waals surface area contributed by atoms with Crippen molar-refractivity contribution < 1.29 is 9.18 Å². The molecule has 0 radical (unpaired) electrons. The predicted molar refractivity (Wildman–Crippen MR) is 84.4 cm³/mol. The summed E-state index contributed by atoms with van der Waals surface area (Å²) in [4.78, 5) is 13.6. The van der Waals surface area contributed by atoms with Gasteiger partial charge >= 0.3 is 0 Å². The summed E-state index contributed by atoms with van der Waals surface area (Å²) in [6.45, 7) is 3.88. The molecule has 1 aromatic rings. The van der Waals surface area contributed by atoms with Gasteiger partial charge in [-0.15, -0.1) is 0 Å². The minimum Gasteiger partial charge on any atom is -0.389 e. The molecule has 3 N–H and O–H groups in total. The molecule has 0 unspecified atom stereocenters. The van der Waals surface area contributed by atoms with Gasteiger partial charge in [0.05, 0.1) is 0 Å². The zero-order valence-electron chi connectivity index (χ0n) is 12.1. The second kappa shape index (κ2) is 6.95. The van der Waals surface area contributed by atoms with Crippen LogP contribution in [0.3, 0.4) is 0 Å². The Morgan fingerprint density at radius 3 is 2.71 bits per heavy atom. The molecule has 0 spiro atoms. The van der Waals surface area contributed by atoms with Gasteiger partial charge in [-0.2, -0.15) is 0 Å². The van der Waals surface area contributed by atoms with Gasteiger partial charge in [0.1, 0.15) is 10.8 Å². The SMILES string of the molecule is CC(=O)NC1CCN(Cc2cc(F)ccc2C(N)=S)CC1. The van der Waals surface area contributed by atoms with Crippen LogP contribution < -0.4 is 11.1 Å². The van der Waals surface area contributed by atoms with Crippen LogP contribution in [0, 0.1) is 5.82 Å². The Hall–Kier alpha value is -1.53. The Morgan fingerprint density at radius 2 is 2.14 bits per heavy atom. The van der Waals surface area contributed by atoms with Gasteiger partial charge in [-0.05, 0) is 36.6 Å². The van der Waals surface area contributed by atoms with E-state index in [1.54, 1.807) is 6.07 Å². The molecule has 0 aliphatic carbocycles. The number of hydrogen-bond acceptors (Lipinski definition) is 3. The Morgan fingerprint density at radius 1 is 1.48 bits per heavy atom. The van der Waals surface area contributed by atoms with Crippen molar-refractivity contribution in [3.8, 4) is 0 Å². The van der Waals surface area contributed by atoms with Gasteiger partial charge in [0.25, 0.3) is 0 Å². The van der Waals surface area contributed by atoms with E-state index in [0.29, 0.717) is 6.54 Å². The van der Waals surface area contributed by atoms with Crippen molar-refractivity contribution in [1.29, 1.82) is 0 Å². The molecule has 0 aromatic heterocycles. The molecule has 0 atom stereocenters. The first-order chi connectivity index (χ1) is 9.95.